The Morgan fingerprint density at radius 1 is 1.24 bits per heavy atom. The minimum atomic E-state index is -0.642. The van der Waals surface area contributed by atoms with Gasteiger partial charge in [-0.15, -0.1) is 0 Å². The summed E-state index contributed by atoms with van der Waals surface area (Å²) in [5.74, 6) is -0.294. The maximum Gasteiger partial charge on any atom is 0.123 e. The Hall–Kier alpha value is -1.09. The average molecular weight is 239 g/mol. The third-order valence-corrected chi connectivity index (χ3v) is 2.77. The Bertz CT molecular complexity index is 346. The van der Waals surface area contributed by atoms with E-state index in [2.05, 4.69) is 18.7 Å². The molecular weight excluding hydrogens is 217 g/mol. The summed E-state index contributed by atoms with van der Waals surface area (Å²) in [5.41, 5.74) is 1.62. The van der Waals surface area contributed by atoms with Crippen LogP contribution in [-0.2, 0) is 0 Å². The van der Waals surface area contributed by atoms with Crippen LogP contribution in [0.5, 0.6) is 0 Å². The number of aliphatic hydroxyl groups excluding tert-OH is 1. The molecule has 1 atom stereocenters. The maximum atomic E-state index is 13.2. The van der Waals surface area contributed by atoms with Crippen molar-refractivity contribution in [2.75, 3.05) is 18.0 Å². The molecule has 2 nitrogen and oxygen atoms in total. The van der Waals surface area contributed by atoms with E-state index in [0.717, 1.165) is 31.6 Å². The zero-order chi connectivity index (χ0) is 12.8. The van der Waals surface area contributed by atoms with Crippen LogP contribution in [0.3, 0.4) is 0 Å². The average Bonchev–Trinajstić information content (AvgIpc) is 2.28. The van der Waals surface area contributed by atoms with Gasteiger partial charge in [0.1, 0.15) is 5.82 Å². The summed E-state index contributed by atoms with van der Waals surface area (Å²) in [7, 11) is 0. The van der Waals surface area contributed by atoms with E-state index in [1.807, 2.05) is 0 Å². The molecule has 1 N–H and O–H groups in total. The first-order valence-corrected chi connectivity index (χ1v) is 6.32. The summed E-state index contributed by atoms with van der Waals surface area (Å²) in [6, 6.07) is 4.65. The molecule has 0 saturated carbocycles. The highest BCUT2D eigenvalue weighted by Crippen LogP contribution is 2.27. The molecule has 0 bridgehead atoms. The van der Waals surface area contributed by atoms with Gasteiger partial charge in [-0.05, 0) is 38.0 Å². The van der Waals surface area contributed by atoms with Crippen LogP contribution in [-0.4, -0.2) is 18.2 Å². The number of nitrogens with zero attached hydrogens (tertiary/aromatic N) is 1. The fraction of sp³-hybridized carbons (Fsp3) is 0.571. The van der Waals surface area contributed by atoms with Gasteiger partial charge in [-0.3, -0.25) is 0 Å². The summed E-state index contributed by atoms with van der Waals surface area (Å²) in [6.07, 6.45) is 1.43. The van der Waals surface area contributed by atoms with E-state index in [0.29, 0.717) is 5.56 Å². The van der Waals surface area contributed by atoms with Crippen molar-refractivity contribution in [1.29, 1.82) is 0 Å². The third kappa shape index (κ3) is 3.70. The molecule has 0 unspecified atom stereocenters. The zero-order valence-electron chi connectivity index (χ0n) is 10.9. The van der Waals surface area contributed by atoms with E-state index in [-0.39, 0.29) is 5.82 Å². The van der Waals surface area contributed by atoms with Gasteiger partial charge in [0, 0.05) is 24.3 Å². The lowest BCUT2D eigenvalue weighted by Crippen LogP contribution is -2.26. The lowest BCUT2D eigenvalue weighted by atomic mass is 10.1. The topological polar surface area (TPSA) is 23.5 Å². The van der Waals surface area contributed by atoms with E-state index in [9.17, 15) is 9.50 Å². The standard InChI is InChI=1S/C14H22FNO/c1-4-8-16(9-5-2)14-7-6-12(15)10-13(14)11(3)17/h6-7,10-11,17H,4-5,8-9H2,1-3H3/t11-/m1/s1. The molecule has 1 aromatic carbocycles. The van der Waals surface area contributed by atoms with Crippen molar-refractivity contribution in [1.82, 2.24) is 0 Å². The van der Waals surface area contributed by atoms with E-state index in [1.54, 1.807) is 13.0 Å². The normalized spacial score (nSPS) is 12.5. The summed E-state index contributed by atoms with van der Waals surface area (Å²) < 4.78 is 13.2. The number of aliphatic hydroxyl groups is 1. The Kier molecular flexibility index (Phi) is 5.42. The Morgan fingerprint density at radius 3 is 2.29 bits per heavy atom. The molecule has 96 valence electrons. The smallest absolute Gasteiger partial charge is 0.123 e. The summed E-state index contributed by atoms with van der Waals surface area (Å²) in [6.45, 7) is 7.77. The monoisotopic (exact) mass is 239 g/mol. The molecule has 0 amide bonds. The third-order valence-electron chi connectivity index (χ3n) is 2.77. The molecule has 0 spiro atoms. The Morgan fingerprint density at radius 2 is 1.82 bits per heavy atom. The van der Waals surface area contributed by atoms with Gasteiger partial charge >= 0.3 is 0 Å². The van der Waals surface area contributed by atoms with Crippen LogP contribution in [0.2, 0.25) is 0 Å². The quantitative estimate of drug-likeness (QED) is 0.821. The van der Waals surface area contributed by atoms with Gasteiger partial charge < -0.3 is 10.0 Å². The van der Waals surface area contributed by atoms with E-state index in [1.165, 1.54) is 12.1 Å². The minimum Gasteiger partial charge on any atom is -0.389 e. The van der Waals surface area contributed by atoms with Crippen molar-refractivity contribution in [2.45, 2.75) is 39.7 Å². The highest BCUT2D eigenvalue weighted by Gasteiger charge is 2.14. The first-order chi connectivity index (χ1) is 8.10. The van der Waals surface area contributed by atoms with Crippen molar-refractivity contribution in [3.63, 3.8) is 0 Å². The molecule has 0 saturated heterocycles. The molecule has 0 aromatic heterocycles. The number of anilines is 1. The molecule has 0 aliphatic carbocycles. The second-order valence-corrected chi connectivity index (χ2v) is 4.37. The molecule has 1 aromatic rings. The van der Waals surface area contributed by atoms with Crippen LogP contribution in [0, 0.1) is 5.82 Å². The molecule has 0 aliphatic rings. The minimum absolute atomic E-state index is 0.294. The van der Waals surface area contributed by atoms with Crippen LogP contribution < -0.4 is 4.90 Å². The Labute approximate surface area is 103 Å². The van der Waals surface area contributed by atoms with Gasteiger partial charge in [0.25, 0.3) is 0 Å². The van der Waals surface area contributed by atoms with Gasteiger partial charge in [0.05, 0.1) is 6.10 Å². The number of hydrogen-bond acceptors (Lipinski definition) is 2. The number of rotatable bonds is 6. The highest BCUT2D eigenvalue weighted by molar-refractivity contribution is 5.54. The molecular formula is C14H22FNO. The zero-order valence-corrected chi connectivity index (χ0v) is 10.9. The number of halogens is 1. The largest absolute Gasteiger partial charge is 0.389 e. The van der Waals surface area contributed by atoms with Gasteiger partial charge in [-0.1, -0.05) is 13.8 Å². The Balaban J connectivity index is 3.07. The second-order valence-electron chi connectivity index (χ2n) is 4.37. The highest BCUT2D eigenvalue weighted by atomic mass is 19.1. The lowest BCUT2D eigenvalue weighted by Gasteiger charge is -2.27. The number of benzene rings is 1. The fourth-order valence-corrected chi connectivity index (χ4v) is 2.04. The summed E-state index contributed by atoms with van der Waals surface area (Å²) in [4.78, 5) is 2.21. The fourth-order valence-electron chi connectivity index (χ4n) is 2.04. The first kappa shape index (κ1) is 14.0. The van der Waals surface area contributed by atoms with Crippen molar-refractivity contribution in [3.8, 4) is 0 Å². The van der Waals surface area contributed by atoms with Gasteiger partial charge in [-0.2, -0.15) is 0 Å². The molecule has 1 rings (SSSR count). The van der Waals surface area contributed by atoms with Crippen LogP contribution in [0.15, 0.2) is 18.2 Å². The van der Waals surface area contributed by atoms with Crippen LogP contribution in [0.4, 0.5) is 10.1 Å². The lowest BCUT2D eigenvalue weighted by molar-refractivity contribution is 0.199. The maximum absolute atomic E-state index is 13.2. The molecule has 0 radical (unpaired) electrons. The molecule has 17 heavy (non-hydrogen) atoms. The summed E-state index contributed by atoms with van der Waals surface area (Å²) in [5, 5.41) is 9.72. The van der Waals surface area contributed by atoms with Crippen molar-refractivity contribution in [3.05, 3.63) is 29.6 Å². The molecule has 0 aliphatic heterocycles. The van der Waals surface area contributed by atoms with Gasteiger partial charge in [0.2, 0.25) is 0 Å². The van der Waals surface area contributed by atoms with Crippen LogP contribution in [0.1, 0.15) is 45.3 Å². The van der Waals surface area contributed by atoms with Crippen LogP contribution >= 0.6 is 0 Å². The summed E-state index contributed by atoms with van der Waals surface area (Å²) >= 11 is 0. The predicted molar refractivity (Wildman–Crippen MR) is 69.8 cm³/mol. The molecule has 3 heteroatoms. The van der Waals surface area contributed by atoms with Crippen molar-refractivity contribution in [2.24, 2.45) is 0 Å². The van der Waals surface area contributed by atoms with E-state index >= 15 is 0 Å². The van der Waals surface area contributed by atoms with Crippen molar-refractivity contribution < 1.29 is 9.50 Å². The first-order valence-electron chi connectivity index (χ1n) is 6.32. The predicted octanol–water partition coefficient (Wildman–Crippen LogP) is 3.51. The van der Waals surface area contributed by atoms with Gasteiger partial charge in [-0.25, -0.2) is 4.39 Å². The van der Waals surface area contributed by atoms with E-state index in [4.69, 9.17) is 0 Å². The SMILES string of the molecule is CCCN(CCC)c1ccc(F)cc1[C@@H](C)O. The van der Waals surface area contributed by atoms with Crippen LogP contribution in [0.25, 0.3) is 0 Å². The van der Waals surface area contributed by atoms with Gasteiger partial charge in [0.15, 0.2) is 0 Å². The second kappa shape index (κ2) is 6.60. The van der Waals surface area contributed by atoms with E-state index < -0.39 is 6.10 Å². The number of hydrogen-bond donors (Lipinski definition) is 1. The molecule has 0 fully saturated rings. The molecule has 0 heterocycles. The van der Waals surface area contributed by atoms with Crippen molar-refractivity contribution >= 4 is 5.69 Å².